The van der Waals surface area contributed by atoms with Crippen molar-refractivity contribution in [2.75, 3.05) is 5.32 Å². The highest BCUT2D eigenvalue weighted by Gasteiger charge is 2.21. The second kappa shape index (κ2) is 6.92. The molecule has 128 valence electrons. The predicted molar refractivity (Wildman–Crippen MR) is 103 cm³/mol. The summed E-state index contributed by atoms with van der Waals surface area (Å²) in [7, 11) is 0. The Balaban J connectivity index is 1.60. The van der Waals surface area contributed by atoms with Gasteiger partial charge in [0.15, 0.2) is 0 Å². The van der Waals surface area contributed by atoms with E-state index in [9.17, 15) is 4.79 Å². The van der Waals surface area contributed by atoms with Crippen LogP contribution in [-0.2, 0) is 4.79 Å². The Kier molecular flexibility index (Phi) is 4.49. The first-order chi connectivity index (χ1) is 12.2. The molecule has 1 fully saturated rings. The minimum Gasteiger partial charge on any atom is -0.326 e. The number of carbonyl (C=O) groups is 1. The fourth-order valence-corrected chi connectivity index (χ4v) is 4.29. The van der Waals surface area contributed by atoms with Crippen molar-refractivity contribution in [1.29, 1.82) is 0 Å². The lowest BCUT2D eigenvalue weighted by atomic mass is 9.88. The van der Waals surface area contributed by atoms with Gasteiger partial charge in [-0.1, -0.05) is 42.7 Å². The van der Waals surface area contributed by atoms with E-state index in [0.29, 0.717) is 0 Å². The number of hydrogen-bond acceptors (Lipinski definition) is 4. The number of thiazole rings is 1. The number of amides is 1. The molecule has 4 nitrogen and oxygen atoms in total. The smallest absolute Gasteiger partial charge is 0.227 e. The second-order valence-electron chi connectivity index (χ2n) is 6.70. The molecule has 0 bridgehead atoms. The molecule has 2 aromatic heterocycles. The van der Waals surface area contributed by atoms with E-state index in [1.54, 1.807) is 17.5 Å². The van der Waals surface area contributed by atoms with Gasteiger partial charge in [-0.3, -0.25) is 4.79 Å². The van der Waals surface area contributed by atoms with Crippen LogP contribution in [0.2, 0.25) is 0 Å². The van der Waals surface area contributed by atoms with Crippen molar-refractivity contribution in [2.45, 2.75) is 39.0 Å². The molecule has 1 amide bonds. The lowest BCUT2D eigenvalue weighted by Gasteiger charge is -2.21. The summed E-state index contributed by atoms with van der Waals surface area (Å²) in [5.74, 6) is 0.314. The second-order valence-corrected chi connectivity index (χ2v) is 7.68. The number of rotatable bonds is 3. The Hall–Kier alpha value is -2.27. The van der Waals surface area contributed by atoms with E-state index in [0.717, 1.165) is 57.9 Å². The normalized spacial score (nSPS) is 15.4. The molecule has 0 radical (unpaired) electrons. The van der Waals surface area contributed by atoms with Gasteiger partial charge >= 0.3 is 0 Å². The van der Waals surface area contributed by atoms with Gasteiger partial charge in [-0.05, 0) is 43.5 Å². The maximum atomic E-state index is 12.6. The Morgan fingerprint density at radius 1 is 1.20 bits per heavy atom. The Morgan fingerprint density at radius 2 is 2.04 bits per heavy atom. The molecule has 25 heavy (non-hydrogen) atoms. The first kappa shape index (κ1) is 16.2. The molecule has 4 rings (SSSR count). The summed E-state index contributed by atoms with van der Waals surface area (Å²) in [6.07, 6.45) is 7.38. The van der Waals surface area contributed by atoms with Crippen molar-refractivity contribution in [1.82, 2.24) is 9.97 Å². The summed E-state index contributed by atoms with van der Waals surface area (Å²) in [6, 6.07) is 10.0. The van der Waals surface area contributed by atoms with Gasteiger partial charge in [0.2, 0.25) is 5.91 Å². The summed E-state index contributed by atoms with van der Waals surface area (Å²) < 4.78 is 0. The summed E-state index contributed by atoms with van der Waals surface area (Å²) in [4.78, 5) is 22.5. The van der Waals surface area contributed by atoms with Crippen LogP contribution in [0.4, 0.5) is 5.69 Å². The zero-order valence-corrected chi connectivity index (χ0v) is 15.1. The summed E-state index contributed by atoms with van der Waals surface area (Å²) in [5.41, 5.74) is 3.90. The Bertz CT molecular complexity index is 879. The highest BCUT2D eigenvalue weighted by atomic mass is 32.1. The number of carbonyl (C=O) groups excluding carboxylic acids is 1. The number of benzene rings is 1. The van der Waals surface area contributed by atoms with Gasteiger partial charge in [0.1, 0.15) is 15.4 Å². The molecule has 0 saturated heterocycles. The third-order valence-corrected chi connectivity index (χ3v) is 5.91. The molecule has 0 aliphatic heterocycles. The molecule has 5 heteroatoms. The molecule has 1 aromatic carbocycles. The Labute approximate surface area is 151 Å². The van der Waals surface area contributed by atoms with Gasteiger partial charge in [0.25, 0.3) is 0 Å². The van der Waals surface area contributed by atoms with Crippen molar-refractivity contribution in [2.24, 2.45) is 5.92 Å². The summed E-state index contributed by atoms with van der Waals surface area (Å²) in [6.45, 7) is 2.03. The molecule has 0 unspecified atom stereocenters. The average Bonchev–Trinajstić information content (AvgIpc) is 3.08. The van der Waals surface area contributed by atoms with E-state index < -0.39 is 0 Å². The lowest BCUT2D eigenvalue weighted by Crippen LogP contribution is -2.25. The maximum absolute atomic E-state index is 12.6. The van der Waals surface area contributed by atoms with Crippen LogP contribution in [0.15, 0.2) is 36.5 Å². The number of pyridine rings is 1. The minimum absolute atomic E-state index is 0.156. The van der Waals surface area contributed by atoms with E-state index in [1.165, 1.54) is 6.42 Å². The van der Waals surface area contributed by atoms with Crippen molar-refractivity contribution >= 4 is 33.3 Å². The summed E-state index contributed by atoms with van der Waals surface area (Å²) in [5, 5.41) is 4.08. The molecular weight excluding hydrogens is 330 g/mol. The van der Waals surface area contributed by atoms with Crippen LogP contribution in [0.25, 0.3) is 20.9 Å². The third kappa shape index (κ3) is 3.42. The molecule has 1 aliphatic carbocycles. The van der Waals surface area contributed by atoms with E-state index in [1.807, 2.05) is 31.2 Å². The SMILES string of the molecule is Cc1ccc(-c2nc3cccnc3s2)cc1NC(=O)C1CCCCC1. The van der Waals surface area contributed by atoms with Crippen molar-refractivity contribution in [3.05, 3.63) is 42.1 Å². The van der Waals surface area contributed by atoms with Gasteiger partial charge in [0.05, 0.1) is 0 Å². The van der Waals surface area contributed by atoms with Crippen molar-refractivity contribution < 1.29 is 4.79 Å². The van der Waals surface area contributed by atoms with Gasteiger partial charge in [-0.15, -0.1) is 0 Å². The fourth-order valence-electron chi connectivity index (χ4n) is 3.38. The monoisotopic (exact) mass is 351 g/mol. The number of aryl methyl sites for hydroxylation is 1. The molecule has 1 saturated carbocycles. The van der Waals surface area contributed by atoms with Crippen LogP contribution >= 0.6 is 11.3 Å². The topological polar surface area (TPSA) is 54.9 Å². The largest absolute Gasteiger partial charge is 0.326 e. The van der Waals surface area contributed by atoms with Crippen LogP contribution in [-0.4, -0.2) is 15.9 Å². The van der Waals surface area contributed by atoms with Crippen molar-refractivity contribution in [3.8, 4) is 10.6 Å². The van der Waals surface area contributed by atoms with Crippen LogP contribution in [0.1, 0.15) is 37.7 Å². The molecule has 0 spiro atoms. The zero-order valence-electron chi connectivity index (χ0n) is 14.3. The Morgan fingerprint density at radius 3 is 2.84 bits per heavy atom. The minimum atomic E-state index is 0.156. The third-order valence-electron chi connectivity index (χ3n) is 4.88. The van der Waals surface area contributed by atoms with Crippen LogP contribution < -0.4 is 5.32 Å². The highest BCUT2D eigenvalue weighted by molar-refractivity contribution is 7.21. The van der Waals surface area contributed by atoms with Crippen molar-refractivity contribution in [3.63, 3.8) is 0 Å². The van der Waals surface area contributed by atoms with E-state index in [-0.39, 0.29) is 11.8 Å². The predicted octanol–water partition coefficient (Wildman–Crippen LogP) is 5.19. The van der Waals surface area contributed by atoms with Gasteiger partial charge < -0.3 is 5.32 Å². The number of nitrogens with zero attached hydrogens (tertiary/aromatic N) is 2. The van der Waals surface area contributed by atoms with Crippen LogP contribution in [0.3, 0.4) is 0 Å². The first-order valence-electron chi connectivity index (χ1n) is 8.84. The zero-order chi connectivity index (χ0) is 17.2. The number of aromatic nitrogens is 2. The van der Waals surface area contributed by atoms with Gasteiger partial charge in [-0.25, -0.2) is 9.97 Å². The molecule has 1 N–H and O–H groups in total. The number of anilines is 1. The molecule has 3 aromatic rings. The molecule has 0 atom stereocenters. The molecule has 2 heterocycles. The van der Waals surface area contributed by atoms with Crippen LogP contribution in [0.5, 0.6) is 0 Å². The van der Waals surface area contributed by atoms with E-state index in [4.69, 9.17) is 0 Å². The van der Waals surface area contributed by atoms with Gasteiger partial charge in [-0.2, -0.15) is 0 Å². The van der Waals surface area contributed by atoms with E-state index in [2.05, 4.69) is 21.4 Å². The first-order valence-corrected chi connectivity index (χ1v) is 9.66. The van der Waals surface area contributed by atoms with E-state index >= 15 is 0 Å². The maximum Gasteiger partial charge on any atom is 0.227 e. The van der Waals surface area contributed by atoms with Gasteiger partial charge in [0, 0.05) is 23.4 Å². The lowest BCUT2D eigenvalue weighted by molar-refractivity contribution is -0.120. The van der Waals surface area contributed by atoms with Crippen LogP contribution in [0, 0.1) is 12.8 Å². The number of nitrogens with one attached hydrogen (secondary N) is 1. The number of fused-ring (bicyclic) bond motifs is 1. The molecular formula is C20H21N3OS. The average molecular weight is 351 g/mol. The fraction of sp³-hybridized carbons (Fsp3) is 0.350. The quantitative estimate of drug-likeness (QED) is 0.707. The molecule has 1 aliphatic rings. The summed E-state index contributed by atoms with van der Waals surface area (Å²) >= 11 is 1.58. The number of hydrogen-bond donors (Lipinski definition) is 1. The highest BCUT2D eigenvalue weighted by Crippen LogP contribution is 2.32. The standard InChI is InChI=1S/C20H21N3OS/c1-13-9-10-15(19-23-16-8-5-11-21-20(16)25-19)12-17(13)22-18(24)14-6-3-2-4-7-14/h5,8-12,14H,2-4,6-7H2,1H3,(H,22,24).